The predicted molar refractivity (Wildman–Crippen MR) is 96.9 cm³/mol. The SMILES string of the molecule is CCCC[C@@H](CC)CNC(=O)[C@@H](CC)Oc1cccc(C)c1C. The van der Waals surface area contributed by atoms with Gasteiger partial charge in [0.1, 0.15) is 5.75 Å². The van der Waals surface area contributed by atoms with Gasteiger partial charge in [-0.05, 0) is 49.8 Å². The average Bonchev–Trinajstić information content (AvgIpc) is 2.56. The Morgan fingerprint density at radius 2 is 1.91 bits per heavy atom. The fourth-order valence-corrected chi connectivity index (χ4v) is 2.63. The molecule has 0 heterocycles. The summed E-state index contributed by atoms with van der Waals surface area (Å²) in [6.07, 6.45) is 4.98. The second-order valence-electron chi connectivity index (χ2n) is 6.37. The second-order valence-corrected chi connectivity index (χ2v) is 6.37. The first-order chi connectivity index (χ1) is 11.0. The van der Waals surface area contributed by atoms with Crippen molar-refractivity contribution in [1.29, 1.82) is 0 Å². The number of carbonyl (C=O) groups excluding carboxylic acids is 1. The third kappa shape index (κ3) is 6.25. The Kier molecular flexibility index (Phi) is 8.75. The molecule has 1 amide bonds. The fraction of sp³-hybridized carbons (Fsp3) is 0.650. The van der Waals surface area contributed by atoms with E-state index in [0.717, 1.165) is 24.3 Å². The van der Waals surface area contributed by atoms with Crippen LogP contribution in [0.25, 0.3) is 0 Å². The summed E-state index contributed by atoms with van der Waals surface area (Å²) >= 11 is 0. The molecule has 0 radical (unpaired) electrons. The lowest BCUT2D eigenvalue weighted by Gasteiger charge is -2.21. The van der Waals surface area contributed by atoms with E-state index < -0.39 is 6.10 Å². The summed E-state index contributed by atoms with van der Waals surface area (Å²) in [5.41, 5.74) is 2.29. The molecule has 1 aromatic rings. The van der Waals surface area contributed by atoms with E-state index in [-0.39, 0.29) is 5.91 Å². The highest BCUT2D eigenvalue weighted by Crippen LogP contribution is 2.22. The fourth-order valence-electron chi connectivity index (χ4n) is 2.63. The minimum atomic E-state index is -0.417. The van der Waals surface area contributed by atoms with Crippen LogP contribution in [-0.4, -0.2) is 18.6 Å². The molecule has 1 aromatic carbocycles. The quantitative estimate of drug-likeness (QED) is 0.673. The molecular weight excluding hydrogens is 286 g/mol. The zero-order chi connectivity index (χ0) is 17.2. The van der Waals surface area contributed by atoms with Gasteiger partial charge >= 0.3 is 0 Å². The molecule has 1 rings (SSSR count). The standard InChI is InChI=1S/C20H33NO2/c1-6-9-12-17(7-2)14-21-20(22)18(8-3)23-19-13-10-11-15(4)16(19)5/h10-11,13,17-18H,6-9,12,14H2,1-5H3,(H,21,22)/t17-,18-/m1/s1. The van der Waals surface area contributed by atoms with Crippen LogP contribution in [0.4, 0.5) is 0 Å². The highest BCUT2D eigenvalue weighted by atomic mass is 16.5. The summed E-state index contributed by atoms with van der Waals surface area (Å²) in [6.45, 7) is 11.2. The largest absolute Gasteiger partial charge is 0.480 e. The Hall–Kier alpha value is -1.51. The van der Waals surface area contributed by atoms with E-state index in [1.54, 1.807) is 0 Å². The molecule has 1 N–H and O–H groups in total. The van der Waals surface area contributed by atoms with Gasteiger partial charge in [-0.15, -0.1) is 0 Å². The molecule has 0 aliphatic rings. The van der Waals surface area contributed by atoms with Crippen molar-refractivity contribution in [1.82, 2.24) is 5.32 Å². The Bertz CT molecular complexity index is 485. The van der Waals surface area contributed by atoms with Crippen molar-refractivity contribution in [2.45, 2.75) is 72.8 Å². The molecular formula is C20H33NO2. The maximum atomic E-state index is 12.4. The summed E-state index contributed by atoms with van der Waals surface area (Å²) in [5, 5.41) is 3.08. The first-order valence-electron chi connectivity index (χ1n) is 9.03. The Morgan fingerprint density at radius 3 is 2.52 bits per heavy atom. The predicted octanol–water partition coefficient (Wildman–Crippen LogP) is 4.79. The van der Waals surface area contributed by atoms with E-state index >= 15 is 0 Å². The summed E-state index contributed by atoms with van der Waals surface area (Å²) in [6, 6.07) is 5.97. The number of amides is 1. The van der Waals surface area contributed by atoms with Crippen LogP contribution in [0, 0.1) is 19.8 Å². The van der Waals surface area contributed by atoms with Crippen molar-refractivity contribution in [3.8, 4) is 5.75 Å². The summed E-state index contributed by atoms with van der Waals surface area (Å²) in [7, 11) is 0. The van der Waals surface area contributed by atoms with Crippen LogP contribution >= 0.6 is 0 Å². The lowest BCUT2D eigenvalue weighted by molar-refractivity contribution is -0.128. The molecule has 2 atom stereocenters. The smallest absolute Gasteiger partial charge is 0.261 e. The molecule has 3 heteroatoms. The minimum Gasteiger partial charge on any atom is -0.480 e. The van der Waals surface area contributed by atoms with Gasteiger partial charge in [0.25, 0.3) is 5.91 Å². The van der Waals surface area contributed by atoms with Crippen molar-refractivity contribution < 1.29 is 9.53 Å². The highest BCUT2D eigenvalue weighted by Gasteiger charge is 2.20. The van der Waals surface area contributed by atoms with Crippen LogP contribution in [0.1, 0.15) is 64.0 Å². The Morgan fingerprint density at radius 1 is 1.17 bits per heavy atom. The van der Waals surface area contributed by atoms with Crippen molar-refractivity contribution >= 4 is 5.91 Å². The number of nitrogens with one attached hydrogen (secondary N) is 1. The van der Waals surface area contributed by atoms with Crippen LogP contribution < -0.4 is 10.1 Å². The summed E-state index contributed by atoms with van der Waals surface area (Å²) in [5.74, 6) is 1.38. The van der Waals surface area contributed by atoms with E-state index in [2.05, 4.69) is 32.2 Å². The number of rotatable bonds is 10. The van der Waals surface area contributed by atoms with Crippen molar-refractivity contribution in [2.24, 2.45) is 5.92 Å². The van der Waals surface area contributed by atoms with E-state index in [1.807, 2.05) is 26.0 Å². The molecule has 0 aromatic heterocycles. The molecule has 3 nitrogen and oxygen atoms in total. The molecule has 0 bridgehead atoms. The molecule has 0 saturated heterocycles. The monoisotopic (exact) mass is 319 g/mol. The number of aryl methyl sites for hydroxylation is 1. The highest BCUT2D eigenvalue weighted by molar-refractivity contribution is 5.81. The van der Waals surface area contributed by atoms with Gasteiger partial charge in [-0.3, -0.25) is 4.79 Å². The zero-order valence-electron chi connectivity index (χ0n) is 15.4. The van der Waals surface area contributed by atoms with Crippen molar-refractivity contribution in [3.63, 3.8) is 0 Å². The number of hydrogen-bond donors (Lipinski definition) is 1. The second kappa shape index (κ2) is 10.3. The number of carbonyl (C=O) groups is 1. The Balaban J connectivity index is 2.59. The lowest BCUT2D eigenvalue weighted by atomic mass is 9.99. The molecule has 130 valence electrons. The van der Waals surface area contributed by atoms with E-state index in [0.29, 0.717) is 12.3 Å². The molecule has 0 spiro atoms. The van der Waals surface area contributed by atoms with E-state index in [4.69, 9.17) is 4.74 Å². The average molecular weight is 319 g/mol. The first kappa shape index (κ1) is 19.5. The first-order valence-corrected chi connectivity index (χ1v) is 9.03. The van der Waals surface area contributed by atoms with Crippen LogP contribution in [0.3, 0.4) is 0 Å². The van der Waals surface area contributed by atoms with Gasteiger partial charge in [-0.1, -0.05) is 52.2 Å². The van der Waals surface area contributed by atoms with Crippen LogP contribution in [0.15, 0.2) is 18.2 Å². The maximum absolute atomic E-state index is 12.4. The van der Waals surface area contributed by atoms with E-state index in [9.17, 15) is 4.79 Å². The van der Waals surface area contributed by atoms with Crippen LogP contribution in [0.5, 0.6) is 5.75 Å². The van der Waals surface area contributed by atoms with E-state index in [1.165, 1.54) is 24.8 Å². The van der Waals surface area contributed by atoms with Gasteiger partial charge in [0.15, 0.2) is 6.10 Å². The topological polar surface area (TPSA) is 38.3 Å². The molecule has 23 heavy (non-hydrogen) atoms. The van der Waals surface area contributed by atoms with Gasteiger partial charge in [-0.25, -0.2) is 0 Å². The van der Waals surface area contributed by atoms with Gasteiger partial charge < -0.3 is 10.1 Å². The number of ether oxygens (including phenoxy) is 1. The summed E-state index contributed by atoms with van der Waals surface area (Å²) < 4.78 is 5.97. The summed E-state index contributed by atoms with van der Waals surface area (Å²) in [4.78, 5) is 12.4. The lowest BCUT2D eigenvalue weighted by Crippen LogP contribution is -2.40. The number of hydrogen-bond acceptors (Lipinski definition) is 2. The molecule has 0 fully saturated rings. The van der Waals surface area contributed by atoms with Gasteiger partial charge in [-0.2, -0.15) is 0 Å². The number of unbranched alkanes of at least 4 members (excludes halogenated alkanes) is 1. The zero-order valence-corrected chi connectivity index (χ0v) is 15.4. The molecule has 0 aliphatic carbocycles. The third-order valence-electron chi connectivity index (χ3n) is 4.60. The van der Waals surface area contributed by atoms with Crippen molar-refractivity contribution in [2.75, 3.05) is 6.54 Å². The van der Waals surface area contributed by atoms with Crippen LogP contribution in [-0.2, 0) is 4.79 Å². The van der Waals surface area contributed by atoms with Gasteiger partial charge in [0.05, 0.1) is 0 Å². The van der Waals surface area contributed by atoms with Gasteiger partial charge in [0, 0.05) is 6.54 Å². The molecule has 0 aliphatic heterocycles. The third-order valence-corrected chi connectivity index (χ3v) is 4.60. The minimum absolute atomic E-state index is 0.00311. The van der Waals surface area contributed by atoms with Gasteiger partial charge in [0.2, 0.25) is 0 Å². The Labute approximate surface area is 141 Å². The maximum Gasteiger partial charge on any atom is 0.261 e. The molecule has 0 unspecified atom stereocenters. The van der Waals surface area contributed by atoms with Crippen LogP contribution in [0.2, 0.25) is 0 Å². The normalized spacial score (nSPS) is 13.4. The van der Waals surface area contributed by atoms with Crippen molar-refractivity contribution in [3.05, 3.63) is 29.3 Å². The number of benzene rings is 1. The molecule has 0 saturated carbocycles.